The van der Waals surface area contributed by atoms with Crippen LogP contribution in [-0.2, 0) is 4.79 Å². The number of pyridine rings is 1. The van der Waals surface area contributed by atoms with Crippen molar-refractivity contribution in [2.75, 3.05) is 57.1 Å². The number of dihydropyridines is 1. The minimum atomic E-state index is -0.0704. The van der Waals surface area contributed by atoms with Crippen molar-refractivity contribution in [2.24, 2.45) is 0 Å². The Balaban J connectivity index is 1.20. The molecule has 0 aliphatic carbocycles. The van der Waals surface area contributed by atoms with Gasteiger partial charge in [0.25, 0.3) is 0 Å². The van der Waals surface area contributed by atoms with E-state index in [9.17, 15) is 4.79 Å². The highest BCUT2D eigenvalue weighted by atomic mass is 16.5. The number of benzene rings is 1. The lowest BCUT2D eigenvalue weighted by Gasteiger charge is -2.39. The van der Waals surface area contributed by atoms with E-state index in [1.165, 1.54) is 6.33 Å². The van der Waals surface area contributed by atoms with E-state index in [1.54, 1.807) is 6.08 Å². The lowest BCUT2D eigenvalue weighted by molar-refractivity contribution is -0.129. The fourth-order valence-corrected chi connectivity index (χ4v) is 5.23. The first-order valence-corrected chi connectivity index (χ1v) is 14.2. The number of rotatable bonds is 7. The third-order valence-electron chi connectivity index (χ3n) is 7.49. The summed E-state index contributed by atoms with van der Waals surface area (Å²) in [4.78, 5) is 33.0. The summed E-state index contributed by atoms with van der Waals surface area (Å²) < 4.78 is 12.3. The van der Waals surface area contributed by atoms with Gasteiger partial charge in [-0.05, 0) is 57.8 Å². The molecule has 2 N–H and O–H groups in total. The van der Waals surface area contributed by atoms with Crippen LogP contribution in [0.5, 0.6) is 11.5 Å². The van der Waals surface area contributed by atoms with Gasteiger partial charge in [0.15, 0.2) is 17.4 Å². The van der Waals surface area contributed by atoms with Crippen molar-refractivity contribution in [3.8, 4) is 11.5 Å². The number of hydrogen-bond donors (Lipinski definition) is 2. The number of allylic oxidation sites excluding steroid dienone is 1. The van der Waals surface area contributed by atoms with Crippen LogP contribution in [0.3, 0.4) is 0 Å². The van der Waals surface area contributed by atoms with E-state index >= 15 is 0 Å². The van der Waals surface area contributed by atoms with Crippen molar-refractivity contribution in [1.29, 1.82) is 0 Å². The normalized spacial score (nSPS) is 19.7. The molecule has 5 heterocycles. The van der Waals surface area contributed by atoms with Gasteiger partial charge in [-0.2, -0.15) is 0 Å². The summed E-state index contributed by atoms with van der Waals surface area (Å²) in [6.45, 7) is 7.12. The quantitative estimate of drug-likeness (QED) is 0.412. The fraction of sp³-hybridized carbons (Fsp3) is 0.355. The number of amides is 1. The molecule has 2 bridgehead atoms. The smallest absolute Gasteiger partial charge is 0.246 e. The molecular formula is C31H36N8O3. The summed E-state index contributed by atoms with van der Waals surface area (Å²) in [7, 11) is 3.95. The molecular weight excluding hydrogens is 532 g/mol. The fourth-order valence-electron chi connectivity index (χ4n) is 5.23. The molecule has 1 saturated heterocycles. The van der Waals surface area contributed by atoms with Gasteiger partial charge in [-0.25, -0.2) is 15.0 Å². The number of carbonyl (C=O) groups excluding carboxylic acids is 1. The van der Waals surface area contributed by atoms with Gasteiger partial charge >= 0.3 is 0 Å². The SMILES string of the molecule is Cc1cc(Nc2ncnc3cc4c(nc23)N2CCN(C(=O)/C=C/CN(C)C)C(CO4)C2)ccc1OC1=CNC(C)C=C1. The summed E-state index contributed by atoms with van der Waals surface area (Å²) in [5, 5.41) is 6.67. The van der Waals surface area contributed by atoms with E-state index in [2.05, 4.69) is 38.5 Å². The molecule has 2 atom stereocenters. The van der Waals surface area contributed by atoms with Gasteiger partial charge in [-0.15, -0.1) is 0 Å². The number of fused-ring (bicyclic) bond motifs is 5. The minimum absolute atomic E-state index is 0.0106. The van der Waals surface area contributed by atoms with Crippen LogP contribution in [0.15, 0.2) is 66.9 Å². The van der Waals surface area contributed by atoms with Gasteiger partial charge in [0.1, 0.15) is 30.0 Å². The average molecular weight is 569 g/mol. The van der Waals surface area contributed by atoms with Crippen LogP contribution in [0, 0.1) is 6.92 Å². The standard InChI is InChI=1S/C31H36N8O3/c1-20-14-22(8-10-26(20)42-24-9-7-21(2)32-16-24)35-30-29-25(33-19-34-30)15-27-31(36-29)38-12-13-39(23(17-38)18-41-27)28(40)6-5-11-37(3)4/h5-10,14-16,19,21,23,32H,11-13,17-18H2,1-4H3,(H,33,34,35)/b6-5+. The lowest BCUT2D eigenvalue weighted by atomic mass is 10.1. The maximum Gasteiger partial charge on any atom is 0.246 e. The second-order valence-electron chi connectivity index (χ2n) is 11.1. The molecule has 0 radical (unpaired) electrons. The van der Waals surface area contributed by atoms with Gasteiger partial charge in [0.05, 0.1) is 11.6 Å². The number of aromatic nitrogens is 3. The molecule has 1 aromatic carbocycles. The Kier molecular flexibility index (Phi) is 7.66. The van der Waals surface area contributed by atoms with E-state index in [-0.39, 0.29) is 11.9 Å². The van der Waals surface area contributed by atoms with E-state index in [0.29, 0.717) is 54.9 Å². The van der Waals surface area contributed by atoms with Crippen molar-refractivity contribution < 1.29 is 14.3 Å². The van der Waals surface area contributed by atoms with E-state index < -0.39 is 0 Å². The summed E-state index contributed by atoms with van der Waals surface area (Å²) >= 11 is 0. The zero-order valence-electron chi connectivity index (χ0n) is 24.4. The molecule has 11 heteroatoms. The highest BCUT2D eigenvalue weighted by molar-refractivity contribution is 5.90. The maximum absolute atomic E-state index is 12.9. The largest absolute Gasteiger partial charge is 0.487 e. The highest BCUT2D eigenvalue weighted by Crippen LogP contribution is 2.36. The topological polar surface area (TPSA) is 108 Å². The maximum atomic E-state index is 12.9. The molecule has 11 nitrogen and oxygen atoms in total. The number of anilines is 3. The van der Waals surface area contributed by atoms with Crippen LogP contribution in [0.1, 0.15) is 12.5 Å². The first-order valence-electron chi connectivity index (χ1n) is 14.2. The monoisotopic (exact) mass is 568 g/mol. The van der Waals surface area contributed by atoms with Crippen LogP contribution in [0.25, 0.3) is 11.0 Å². The number of aryl methyl sites for hydroxylation is 1. The molecule has 2 aromatic heterocycles. The number of piperazine rings is 1. The molecule has 0 saturated carbocycles. The van der Waals surface area contributed by atoms with Crippen LogP contribution in [-0.4, -0.2) is 89.6 Å². The van der Waals surface area contributed by atoms with Gasteiger partial charge in [0.2, 0.25) is 5.91 Å². The first kappa shape index (κ1) is 27.5. The summed E-state index contributed by atoms with van der Waals surface area (Å²) in [5.41, 5.74) is 3.18. The molecule has 0 spiro atoms. The Labute approximate surface area is 245 Å². The summed E-state index contributed by atoms with van der Waals surface area (Å²) in [5.74, 6) is 3.57. The van der Waals surface area contributed by atoms with Gasteiger partial charge in [-0.3, -0.25) is 4.79 Å². The van der Waals surface area contributed by atoms with Gasteiger partial charge in [-0.1, -0.05) is 12.2 Å². The number of likely N-dealkylation sites (N-methyl/N-ethyl adjacent to an activating group) is 1. The van der Waals surface area contributed by atoms with E-state index in [1.807, 2.05) is 73.4 Å². The Morgan fingerprint density at radius 3 is 2.93 bits per heavy atom. The Morgan fingerprint density at radius 2 is 2.14 bits per heavy atom. The number of nitrogens with zero attached hydrogens (tertiary/aromatic N) is 6. The molecule has 3 aromatic rings. The average Bonchev–Trinajstić information content (AvgIpc) is 3.10. The summed E-state index contributed by atoms with van der Waals surface area (Å²) in [6.07, 6.45) is 11.0. The van der Waals surface area contributed by atoms with Crippen molar-refractivity contribution in [3.63, 3.8) is 0 Å². The minimum Gasteiger partial charge on any atom is -0.487 e. The predicted octanol–water partition coefficient (Wildman–Crippen LogP) is 3.37. The second kappa shape index (κ2) is 11.7. The third-order valence-corrected chi connectivity index (χ3v) is 7.49. The van der Waals surface area contributed by atoms with Crippen molar-refractivity contribution in [1.82, 2.24) is 30.1 Å². The Bertz CT molecular complexity index is 1580. The zero-order chi connectivity index (χ0) is 29.2. The third kappa shape index (κ3) is 5.87. The first-order chi connectivity index (χ1) is 20.3. The van der Waals surface area contributed by atoms with Crippen LogP contribution >= 0.6 is 0 Å². The molecule has 1 fully saturated rings. The van der Waals surface area contributed by atoms with Gasteiger partial charge < -0.3 is 34.8 Å². The predicted molar refractivity (Wildman–Crippen MR) is 163 cm³/mol. The molecule has 42 heavy (non-hydrogen) atoms. The molecule has 3 aliphatic heterocycles. The lowest BCUT2D eigenvalue weighted by Crippen LogP contribution is -2.56. The van der Waals surface area contributed by atoms with Gasteiger partial charge in [0, 0.05) is 56.3 Å². The Morgan fingerprint density at radius 1 is 1.26 bits per heavy atom. The highest BCUT2D eigenvalue weighted by Gasteiger charge is 2.35. The van der Waals surface area contributed by atoms with Crippen molar-refractivity contribution in [3.05, 3.63) is 72.4 Å². The summed E-state index contributed by atoms with van der Waals surface area (Å²) in [6, 6.07) is 8.05. The van der Waals surface area contributed by atoms with Crippen LogP contribution in [0.2, 0.25) is 0 Å². The number of ether oxygens (including phenoxy) is 2. The molecule has 2 unspecified atom stereocenters. The molecule has 3 aliphatic rings. The number of nitrogens with one attached hydrogen (secondary N) is 2. The Hall–Kier alpha value is -4.64. The van der Waals surface area contributed by atoms with E-state index in [4.69, 9.17) is 14.5 Å². The second-order valence-corrected chi connectivity index (χ2v) is 11.1. The van der Waals surface area contributed by atoms with E-state index in [0.717, 1.165) is 35.1 Å². The van der Waals surface area contributed by atoms with Crippen LogP contribution < -0.4 is 25.0 Å². The molecule has 218 valence electrons. The molecule has 6 rings (SSSR count). The van der Waals surface area contributed by atoms with Crippen molar-refractivity contribution in [2.45, 2.75) is 25.9 Å². The zero-order valence-corrected chi connectivity index (χ0v) is 24.4. The number of hydrogen-bond acceptors (Lipinski definition) is 10. The molecule has 1 amide bonds. The van der Waals surface area contributed by atoms with Crippen LogP contribution in [0.4, 0.5) is 17.3 Å². The van der Waals surface area contributed by atoms with Crippen molar-refractivity contribution >= 4 is 34.3 Å². The number of carbonyl (C=O) groups is 1.